The van der Waals surface area contributed by atoms with E-state index < -0.39 is 5.97 Å². The molecule has 0 atom stereocenters. The van der Waals surface area contributed by atoms with Gasteiger partial charge in [0.2, 0.25) is 0 Å². The molecule has 2 N–H and O–H groups in total. The Morgan fingerprint density at radius 1 is 1.00 bits per heavy atom. The minimum Gasteiger partial charge on any atom is -0.478 e. The number of benzene rings is 2. The van der Waals surface area contributed by atoms with Gasteiger partial charge in [-0.15, -0.1) is 0 Å². The third-order valence-electron chi connectivity index (χ3n) is 4.62. The molecule has 0 aromatic heterocycles. The van der Waals surface area contributed by atoms with E-state index in [0.29, 0.717) is 11.3 Å². The van der Waals surface area contributed by atoms with E-state index >= 15 is 0 Å². The van der Waals surface area contributed by atoms with Gasteiger partial charge in [0.1, 0.15) is 0 Å². The van der Waals surface area contributed by atoms with Gasteiger partial charge in [-0.25, -0.2) is 4.79 Å². The van der Waals surface area contributed by atoms with Crippen LogP contribution in [-0.2, 0) is 0 Å². The molecule has 1 aliphatic rings. The highest BCUT2D eigenvalue weighted by atomic mass is 16.4. The number of anilines is 2. The van der Waals surface area contributed by atoms with Crippen LogP contribution in [0.5, 0.6) is 0 Å². The first-order chi connectivity index (χ1) is 12.4. The summed E-state index contributed by atoms with van der Waals surface area (Å²) in [6, 6.07) is 12.2. The lowest BCUT2D eigenvalue weighted by molar-refractivity contribution is 0.0696. The summed E-state index contributed by atoms with van der Waals surface area (Å²) >= 11 is 0. The molecule has 0 unspecified atom stereocenters. The summed E-state index contributed by atoms with van der Waals surface area (Å²) in [5.41, 5.74) is 3.08. The molecule has 6 heteroatoms. The fourth-order valence-corrected chi connectivity index (χ4v) is 3.07. The molecule has 0 bridgehead atoms. The van der Waals surface area contributed by atoms with Crippen molar-refractivity contribution in [2.45, 2.75) is 6.92 Å². The van der Waals surface area contributed by atoms with Crippen molar-refractivity contribution in [3.63, 3.8) is 0 Å². The zero-order valence-corrected chi connectivity index (χ0v) is 15.0. The molecule has 0 aliphatic carbocycles. The van der Waals surface area contributed by atoms with Crippen LogP contribution in [0.2, 0.25) is 0 Å². The Hall–Kier alpha value is -2.86. The maximum absolute atomic E-state index is 12.6. The predicted octanol–water partition coefficient (Wildman–Crippen LogP) is 2.70. The SMILES string of the molecule is Cc1cccc(C(=O)Nc2cc(C(=O)O)ccc2N2CCN(C)CC2)c1. The summed E-state index contributed by atoms with van der Waals surface area (Å²) in [6.07, 6.45) is 0. The van der Waals surface area contributed by atoms with Crippen LogP contribution in [0.25, 0.3) is 0 Å². The molecule has 0 spiro atoms. The van der Waals surface area contributed by atoms with Crippen LogP contribution in [0.3, 0.4) is 0 Å². The number of nitrogens with zero attached hydrogens (tertiary/aromatic N) is 2. The van der Waals surface area contributed by atoms with E-state index in [9.17, 15) is 14.7 Å². The van der Waals surface area contributed by atoms with Crippen molar-refractivity contribution in [3.8, 4) is 0 Å². The van der Waals surface area contributed by atoms with Crippen molar-refractivity contribution in [2.75, 3.05) is 43.4 Å². The lowest BCUT2D eigenvalue weighted by Gasteiger charge is -2.35. The van der Waals surface area contributed by atoms with E-state index in [-0.39, 0.29) is 11.5 Å². The highest BCUT2D eigenvalue weighted by Crippen LogP contribution is 2.29. The molecule has 2 aromatic carbocycles. The maximum atomic E-state index is 12.6. The van der Waals surface area contributed by atoms with Crippen molar-refractivity contribution in [3.05, 3.63) is 59.2 Å². The summed E-state index contributed by atoms with van der Waals surface area (Å²) in [5, 5.41) is 12.2. The number of carbonyl (C=O) groups excluding carboxylic acids is 1. The topological polar surface area (TPSA) is 72.9 Å². The molecule has 0 radical (unpaired) electrons. The molecule has 1 saturated heterocycles. The van der Waals surface area contributed by atoms with Gasteiger partial charge >= 0.3 is 5.97 Å². The van der Waals surface area contributed by atoms with Crippen LogP contribution >= 0.6 is 0 Å². The number of hydrogen-bond acceptors (Lipinski definition) is 4. The third-order valence-corrected chi connectivity index (χ3v) is 4.62. The normalized spacial score (nSPS) is 14.9. The minimum atomic E-state index is -1.01. The molecule has 1 aliphatic heterocycles. The van der Waals surface area contributed by atoms with Crippen molar-refractivity contribution < 1.29 is 14.7 Å². The van der Waals surface area contributed by atoms with Gasteiger partial charge in [0.15, 0.2) is 0 Å². The van der Waals surface area contributed by atoms with Crippen LogP contribution in [0.15, 0.2) is 42.5 Å². The number of hydrogen-bond donors (Lipinski definition) is 2. The van der Waals surface area contributed by atoms with Gasteiger partial charge in [-0.2, -0.15) is 0 Å². The average Bonchev–Trinajstić information content (AvgIpc) is 2.62. The number of carboxylic acids is 1. The Balaban J connectivity index is 1.91. The van der Waals surface area contributed by atoms with Crippen molar-refractivity contribution in [1.82, 2.24) is 4.90 Å². The van der Waals surface area contributed by atoms with E-state index in [1.165, 1.54) is 6.07 Å². The molecule has 6 nitrogen and oxygen atoms in total. The van der Waals surface area contributed by atoms with Gasteiger partial charge < -0.3 is 20.2 Å². The number of carbonyl (C=O) groups is 2. The van der Waals surface area contributed by atoms with Crippen molar-refractivity contribution >= 4 is 23.3 Å². The van der Waals surface area contributed by atoms with Crippen LogP contribution in [-0.4, -0.2) is 55.1 Å². The summed E-state index contributed by atoms with van der Waals surface area (Å²) < 4.78 is 0. The molecule has 2 aromatic rings. The minimum absolute atomic E-state index is 0.155. The number of aryl methyl sites for hydroxylation is 1. The van der Waals surface area contributed by atoms with Crippen molar-refractivity contribution in [2.24, 2.45) is 0 Å². The lowest BCUT2D eigenvalue weighted by atomic mass is 10.1. The second-order valence-corrected chi connectivity index (χ2v) is 6.65. The highest BCUT2D eigenvalue weighted by molar-refractivity contribution is 6.06. The molecule has 26 heavy (non-hydrogen) atoms. The first-order valence-corrected chi connectivity index (χ1v) is 8.63. The maximum Gasteiger partial charge on any atom is 0.335 e. The summed E-state index contributed by atoms with van der Waals surface area (Å²) in [5.74, 6) is -1.26. The molecular weight excluding hydrogens is 330 g/mol. The number of rotatable bonds is 4. The first kappa shape index (κ1) is 17.9. The highest BCUT2D eigenvalue weighted by Gasteiger charge is 2.20. The number of piperazine rings is 1. The number of aromatic carboxylic acids is 1. The molecule has 1 fully saturated rings. The van der Waals surface area contributed by atoms with Crippen LogP contribution in [0, 0.1) is 6.92 Å². The zero-order chi connectivity index (χ0) is 18.7. The molecule has 1 heterocycles. The van der Waals surface area contributed by atoms with Crippen LogP contribution in [0.1, 0.15) is 26.3 Å². The fourth-order valence-electron chi connectivity index (χ4n) is 3.07. The largest absolute Gasteiger partial charge is 0.478 e. The number of amides is 1. The van der Waals surface area contributed by atoms with Gasteiger partial charge in [0.25, 0.3) is 5.91 Å². The monoisotopic (exact) mass is 353 g/mol. The smallest absolute Gasteiger partial charge is 0.335 e. The van der Waals surface area contributed by atoms with E-state index in [2.05, 4.69) is 22.2 Å². The van der Waals surface area contributed by atoms with E-state index in [0.717, 1.165) is 37.4 Å². The molecular formula is C20H23N3O3. The number of nitrogens with one attached hydrogen (secondary N) is 1. The molecule has 0 saturated carbocycles. The fraction of sp³-hybridized carbons (Fsp3) is 0.300. The van der Waals surface area contributed by atoms with E-state index in [4.69, 9.17) is 0 Å². The summed E-state index contributed by atoms with van der Waals surface area (Å²) in [7, 11) is 2.07. The summed E-state index contributed by atoms with van der Waals surface area (Å²) in [6.45, 7) is 5.43. The Bertz CT molecular complexity index is 827. The molecule has 1 amide bonds. The second kappa shape index (κ2) is 7.58. The van der Waals surface area contributed by atoms with Crippen molar-refractivity contribution in [1.29, 1.82) is 0 Å². The van der Waals surface area contributed by atoms with E-state index in [1.54, 1.807) is 18.2 Å². The Labute approximate surface area is 153 Å². The Morgan fingerprint density at radius 3 is 2.38 bits per heavy atom. The molecule has 136 valence electrons. The third kappa shape index (κ3) is 4.03. The summed E-state index contributed by atoms with van der Waals surface area (Å²) in [4.78, 5) is 28.4. The number of likely N-dealkylation sites (N-methyl/N-ethyl adjacent to an activating group) is 1. The van der Waals surface area contributed by atoms with Crippen LogP contribution in [0.4, 0.5) is 11.4 Å². The lowest BCUT2D eigenvalue weighted by Crippen LogP contribution is -2.44. The van der Waals surface area contributed by atoms with Gasteiger partial charge in [0.05, 0.1) is 16.9 Å². The van der Waals surface area contributed by atoms with Gasteiger partial charge in [-0.05, 0) is 44.3 Å². The molecule has 3 rings (SSSR count). The van der Waals surface area contributed by atoms with Crippen LogP contribution < -0.4 is 10.2 Å². The van der Waals surface area contributed by atoms with Gasteiger partial charge in [-0.1, -0.05) is 17.7 Å². The predicted molar refractivity (Wildman–Crippen MR) is 102 cm³/mol. The second-order valence-electron chi connectivity index (χ2n) is 6.65. The average molecular weight is 353 g/mol. The standard InChI is InChI=1S/C20H23N3O3/c1-14-4-3-5-15(12-14)19(24)21-17-13-16(20(25)26)6-7-18(17)23-10-8-22(2)9-11-23/h3-7,12-13H,8-11H2,1-2H3,(H,21,24)(H,25,26). The van der Waals surface area contributed by atoms with Gasteiger partial charge in [-0.3, -0.25) is 4.79 Å². The van der Waals surface area contributed by atoms with Gasteiger partial charge in [0, 0.05) is 31.7 Å². The first-order valence-electron chi connectivity index (χ1n) is 8.63. The Kier molecular flexibility index (Phi) is 5.23. The quantitative estimate of drug-likeness (QED) is 0.884. The zero-order valence-electron chi connectivity index (χ0n) is 15.0. The number of carboxylic acid groups (broad SMARTS) is 1. The Morgan fingerprint density at radius 2 is 1.73 bits per heavy atom. The van der Waals surface area contributed by atoms with E-state index in [1.807, 2.05) is 25.1 Å².